The molecule has 168 valence electrons. The van der Waals surface area contributed by atoms with Gasteiger partial charge in [0.2, 0.25) is 0 Å². The van der Waals surface area contributed by atoms with Gasteiger partial charge in [-0.3, -0.25) is 4.79 Å². The van der Waals surface area contributed by atoms with Crippen molar-refractivity contribution in [2.75, 3.05) is 0 Å². The standard InChI is InChI=1S/C27H30N4OSi/c1-17(2)33(18(3)4,19(5)6)13-12-20-8-7-9-23-25(20)26(30-15-28-23)21-10-11-22-24(14-21)29-16-31-27(22)32/h7-11,14-19H,1-6H3,(H,29,31,32). The molecule has 0 saturated carbocycles. The van der Waals surface area contributed by atoms with Gasteiger partial charge in [0.15, 0.2) is 0 Å². The molecule has 0 aliphatic rings. The van der Waals surface area contributed by atoms with Gasteiger partial charge in [0, 0.05) is 16.5 Å². The molecule has 0 fully saturated rings. The molecule has 0 spiro atoms. The van der Waals surface area contributed by atoms with Gasteiger partial charge < -0.3 is 4.98 Å². The lowest BCUT2D eigenvalue weighted by Crippen LogP contribution is -2.43. The molecule has 0 aliphatic heterocycles. The van der Waals surface area contributed by atoms with Crippen LogP contribution in [0.25, 0.3) is 33.1 Å². The molecule has 4 aromatic rings. The molecular formula is C27H30N4OSi. The summed E-state index contributed by atoms with van der Waals surface area (Å²) in [5, 5.41) is 1.50. The van der Waals surface area contributed by atoms with Gasteiger partial charge in [0.05, 0.1) is 28.4 Å². The van der Waals surface area contributed by atoms with Crippen LogP contribution in [-0.2, 0) is 0 Å². The van der Waals surface area contributed by atoms with Crippen molar-refractivity contribution in [3.63, 3.8) is 0 Å². The van der Waals surface area contributed by atoms with Crippen LogP contribution in [0.5, 0.6) is 0 Å². The fourth-order valence-corrected chi connectivity index (χ4v) is 10.5. The Morgan fingerprint density at radius 3 is 2.30 bits per heavy atom. The Morgan fingerprint density at radius 2 is 1.61 bits per heavy atom. The van der Waals surface area contributed by atoms with Gasteiger partial charge in [-0.15, -0.1) is 5.54 Å². The maximum Gasteiger partial charge on any atom is 0.258 e. The summed E-state index contributed by atoms with van der Waals surface area (Å²) in [6.45, 7) is 13.9. The van der Waals surface area contributed by atoms with Crippen LogP contribution in [0.3, 0.4) is 0 Å². The summed E-state index contributed by atoms with van der Waals surface area (Å²) in [4.78, 5) is 28.2. The first-order valence-electron chi connectivity index (χ1n) is 11.5. The van der Waals surface area contributed by atoms with Crippen molar-refractivity contribution in [2.24, 2.45) is 0 Å². The average Bonchev–Trinajstić information content (AvgIpc) is 2.78. The number of H-pyrrole nitrogens is 1. The predicted octanol–water partition coefficient (Wildman–Crippen LogP) is 6.10. The lowest BCUT2D eigenvalue weighted by atomic mass is 10.0. The van der Waals surface area contributed by atoms with Crippen molar-refractivity contribution in [3.05, 3.63) is 65.0 Å². The Labute approximate surface area is 195 Å². The smallest absolute Gasteiger partial charge is 0.258 e. The molecule has 2 aromatic carbocycles. The van der Waals surface area contributed by atoms with Crippen LogP contribution in [0, 0.1) is 11.5 Å². The van der Waals surface area contributed by atoms with Gasteiger partial charge in [-0.05, 0) is 40.9 Å². The maximum absolute atomic E-state index is 12.1. The number of hydrogen-bond acceptors (Lipinski definition) is 4. The Morgan fingerprint density at radius 1 is 0.879 bits per heavy atom. The molecule has 2 heterocycles. The molecule has 1 N–H and O–H groups in total. The Hall–Kier alpha value is -3.30. The third kappa shape index (κ3) is 3.98. The number of aromatic amines is 1. The highest BCUT2D eigenvalue weighted by Gasteiger charge is 2.41. The van der Waals surface area contributed by atoms with Crippen LogP contribution in [-0.4, -0.2) is 28.0 Å². The SMILES string of the molecule is CC(C)[Si](C#Cc1cccc2ncnc(-c3ccc4c(=O)[nH]cnc4c3)c12)(C(C)C)C(C)C. The second-order valence-electron chi connectivity index (χ2n) is 9.53. The zero-order chi connectivity index (χ0) is 23.8. The van der Waals surface area contributed by atoms with E-state index in [1.165, 1.54) is 6.33 Å². The monoisotopic (exact) mass is 454 g/mol. The summed E-state index contributed by atoms with van der Waals surface area (Å²) in [7, 11) is -1.89. The first kappa shape index (κ1) is 22.9. The Kier molecular flexibility index (Phi) is 6.18. The van der Waals surface area contributed by atoms with E-state index in [-0.39, 0.29) is 5.56 Å². The molecule has 0 aliphatic carbocycles. The summed E-state index contributed by atoms with van der Waals surface area (Å²) >= 11 is 0. The number of hydrogen-bond donors (Lipinski definition) is 1. The van der Waals surface area contributed by atoms with Crippen molar-refractivity contribution in [1.82, 2.24) is 19.9 Å². The summed E-state index contributed by atoms with van der Waals surface area (Å²) in [6, 6.07) is 11.7. The minimum absolute atomic E-state index is 0.150. The first-order valence-corrected chi connectivity index (χ1v) is 13.7. The summed E-state index contributed by atoms with van der Waals surface area (Å²) in [6.07, 6.45) is 3.01. The predicted molar refractivity (Wildman–Crippen MR) is 139 cm³/mol. The van der Waals surface area contributed by atoms with E-state index in [2.05, 4.69) is 79.0 Å². The summed E-state index contributed by atoms with van der Waals surface area (Å²) < 4.78 is 0. The number of benzene rings is 2. The molecule has 5 nitrogen and oxygen atoms in total. The van der Waals surface area contributed by atoms with Gasteiger partial charge >= 0.3 is 0 Å². The summed E-state index contributed by atoms with van der Waals surface area (Å²) in [5.74, 6) is 3.59. The van der Waals surface area contributed by atoms with Crippen molar-refractivity contribution < 1.29 is 0 Å². The van der Waals surface area contributed by atoms with E-state index in [1.807, 2.05) is 24.3 Å². The van der Waals surface area contributed by atoms with Crippen molar-refractivity contribution in [1.29, 1.82) is 0 Å². The number of nitrogens with one attached hydrogen (secondary N) is 1. The molecule has 33 heavy (non-hydrogen) atoms. The first-order chi connectivity index (χ1) is 15.8. The fourth-order valence-electron chi connectivity index (χ4n) is 5.26. The highest BCUT2D eigenvalue weighted by Crippen LogP contribution is 2.41. The zero-order valence-electron chi connectivity index (χ0n) is 20.1. The molecule has 6 heteroatoms. The Bertz CT molecular complexity index is 1420. The van der Waals surface area contributed by atoms with Crippen LogP contribution >= 0.6 is 0 Å². The normalized spacial score (nSPS) is 12.0. The van der Waals surface area contributed by atoms with Crippen LogP contribution in [0.1, 0.15) is 47.1 Å². The van der Waals surface area contributed by atoms with Crippen LogP contribution in [0.15, 0.2) is 53.8 Å². The van der Waals surface area contributed by atoms with Gasteiger partial charge in [-0.1, -0.05) is 59.6 Å². The second kappa shape index (κ2) is 8.91. The molecule has 0 radical (unpaired) electrons. The highest BCUT2D eigenvalue weighted by atomic mass is 28.3. The molecule has 4 rings (SSSR count). The summed E-state index contributed by atoms with van der Waals surface area (Å²) in [5.41, 5.74) is 9.49. The number of nitrogens with zero attached hydrogens (tertiary/aromatic N) is 3. The van der Waals surface area contributed by atoms with Crippen molar-refractivity contribution >= 4 is 29.9 Å². The number of rotatable bonds is 4. The van der Waals surface area contributed by atoms with Crippen molar-refractivity contribution in [2.45, 2.75) is 58.2 Å². The van der Waals surface area contributed by atoms with Crippen LogP contribution < -0.4 is 5.56 Å². The van der Waals surface area contributed by atoms with E-state index in [0.29, 0.717) is 27.5 Å². The fraction of sp³-hybridized carbons (Fsp3) is 0.333. The highest BCUT2D eigenvalue weighted by molar-refractivity contribution is 6.90. The minimum Gasteiger partial charge on any atom is -0.313 e. The molecule has 0 atom stereocenters. The third-order valence-corrected chi connectivity index (χ3v) is 13.1. The van der Waals surface area contributed by atoms with Gasteiger partial charge in [-0.2, -0.15) is 0 Å². The van der Waals surface area contributed by atoms with Gasteiger partial charge in [0.1, 0.15) is 14.4 Å². The number of fused-ring (bicyclic) bond motifs is 2. The minimum atomic E-state index is -1.89. The van der Waals surface area contributed by atoms with E-state index in [4.69, 9.17) is 0 Å². The molecule has 2 aromatic heterocycles. The van der Waals surface area contributed by atoms with E-state index in [1.54, 1.807) is 12.4 Å². The Balaban J connectivity index is 1.96. The second-order valence-corrected chi connectivity index (χ2v) is 15.1. The molecule has 0 unspecified atom stereocenters. The van der Waals surface area contributed by atoms with Gasteiger partial charge in [0.25, 0.3) is 5.56 Å². The zero-order valence-corrected chi connectivity index (χ0v) is 21.1. The third-order valence-electron chi connectivity index (χ3n) is 6.86. The number of aromatic nitrogens is 4. The van der Waals surface area contributed by atoms with Gasteiger partial charge in [-0.25, -0.2) is 15.0 Å². The molecule has 0 bridgehead atoms. The topological polar surface area (TPSA) is 71.5 Å². The average molecular weight is 455 g/mol. The van der Waals surface area contributed by atoms with Crippen LogP contribution in [0.4, 0.5) is 0 Å². The lowest BCUT2D eigenvalue weighted by molar-refractivity contribution is 0.838. The largest absolute Gasteiger partial charge is 0.313 e. The quantitative estimate of drug-likeness (QED) is 0.299. The van der Waals surface area contributed by atoms with E-state index in [9.17, 15) is 4.79 Å². The molecule has 0 saturated heterocycles. The lowest BCUT2D eigenvalue weighted by Gasteiger charge is -2.38. The van der Waals surface area contributed by atoms with E-state index in [0.717, 1.165) is 27.7 Å². The van der Waals surface area contributed by atoms with E-state index < -0.39 is 8.07 Å². The van der Waals surface area contributed by atoms with Crippen molar-refractivity contribution in [3.8, 4) is 22.7 Å². The van der Waals surface area contributed by atoms with Crippen LogP contribution in [0.2, 0.25) is 16.6 Å². The van der Waals surface area contributed by atoms with E-state index >= 15 is 0 Å². The maximum atomic E-state index is 12.1. The molecular weight excluding hydrogens is 424 g/mol. The molecule has 0 amide bonds.